The zero-order valence-corrected chi connectivity index (χ0v) is 13.4. The normalized spacial score (nSPS) is 19.2. The highest BCUT2D eigenvalue weighted by atomic mass is 32.1. The number of anilines is 2. The van der Waals surface area contributed by atoms with Crippen molar-refractivity contribution in [1.29, 1.82) is 0 Å². The van der Waals surface area contributed by atoms with E-state index in [9.17, 15) is 5.11 Å². The van der Waals surface area contributed by atoms with E-state index in [1.807, 2.05) is 0 Å². The molecule has 0 aliphatic carbocycles. The Morgan fingerprint density at radius 1 is 1.48 bits per heavy atom. The van der Waals surface area contributed by atoms with E-state index in [0.29, 0.717) is 12.5 Å². The molecule has 6 heteroatoms. The van der Waals surface area contributed by atoms with E-state index < -0.39 is 0 Å². The SMILES string of the molecule is CCCNc1nc(N2CCCC(O)C2)c2cc(C)sc2n1. The summed E-state index contributed by atoms with van der Waals surface area (Å²) in [4.78, 5) is 13.8. The third-order valence-corrected chi connectivity index (χ3v) is 4.67. The fraction of sp³-hybridized carbons (Fsp3) is 0.600. The lowest BCUT2D eigenvalue weighted by Gasteiger charge is -2.31. The van der Waals surface area contributed by atoms with Gasteiger partial charge in [-0.3, -0.25) is 0 Å². The number of piperidine rings is 1. The van der Waals surface area contributed by atoms with Gasteiger partial charge >= 0.3 is 0 Å². The van der Waals surface area contributed by atoms with Gasteiger partial charge in [0.25, 0.3) is 0 Å². The van der Waals surface area contributed by atoms with E-state index in [1.165, 1.54) is 4.88 Å². The summed E-state index contributed by atoms with van der Waals surface area (Å²) in [5.41, 5.74) is 0. The summed E-state index contributed by atoms with van der Waals surface area (Å²) >= 11 is 1.70. The van der Waals surface area contributed by atoms with E-state index in [1.54, 1.807) is 11.3 Å². The van der Waals surface area contributed by atoms with E-state index >= 15 is 0 Å². The highest BCUT2D eigenvalue weighted by Gasteiger charge is 2.22. The number of hydrogen-bond donors (Lipinski definition) is 2. The van der Waals surface area contributed by atoms with Crippen molar-refractivity contribution in [1.82, 2.24) is 9.97 Å². The summed E-state index contributed by atoms with van der Waals surface area (Å²) in [6.07, 6.45) is 2.68. The van der Waals surface area contributed by atoms with Crippen molar-refractivity contribution in [3.63, 3.8) is 0 Å². The maximum absolute atomic E-state index is 9.93. The molecule has 0 radical (unpaired) electrons. The Labute approximate surface area is 129 Å². The number of thiophene rings is 1. The zero-order chi connectivity index (χ0) is 14.8. The predicted octanol–water partition coefficient (Wildman–Crippen LogP) is 2.78. The molecule has 3 heterocycles. The lowest BCUT2D eigenvalue weighted by atomic mass is 10.1. The quantitative estimate of drug-likeness (QED) is 0.909. The monoisotopic (exact) mass is 306 g/mol. The molecule has 2 N–H and O–H groups in total. The highest BCUT2D eigenvalue weighted by Crippen LogP contribution is 2.33. The number of aryl methyl sites for hydroxylation is 1. The molecule has 1 aliphatic rings. The van der Waals surface area contributed by atoms with Crippen LogP contribution >= 0.6 is 11.3 Å². The largest absolute Gasteiger partial charge is 0.391 e. The van der Waals surface area contributed by atoms with Gasteiger partial charge in [0.2, 0.25) is 5.95 Å². The fourth-order valence-electron chi connectivity index (χ4n) is 2.73. The maximum atomic E-state index is 9.93. The Balaban J connectivity index is 2.01. The number of β-amino-alcohol motifs (C(OH)–C–C–N with tert-alkyl or cyclic N) is 1. The topological polar surface area (TPSA) is 61.3 Å². The minimum atomic E-state index is -0.254. The number of nitrogens with one attached hydrogen (secondary N) is 1. The molecular weight excluding hydrogens is 284 g/mol. The van der Waals surface area contributed by atoms with Gasteiger partial charge in [-0.1, -0.05) is 6.92 Å². The first-order valence-corrected chi connectivity index (χ1v) is 8.44. The van der Waals surface area contributed by atoms with Gasteiger partial charge in [0.1, 0.15) is 10.6 Å². The van der Waals surface area contributed by atoms with Gasteiger partial charge < -0.3 is 15.3 Å². The Morgan fingerprint density at radius 3 is 3.10 bits per heavy atom. The second kappa shape index (κ2) is 6.15. The van der Waals surface area contributed by atoms with Crippen LogP contribution in [0.2, 0.25) is 0 Å². The summed E-state index contributed by atoms with van der Waals surface area (Å²) in [7, 11) is 0. The van der Waals surface area contributed by atoms with Crippen LogP contribution in [0.1, 0.15) is 31.1 Å². The number of aliphatic hydroxyl groups excluding tert-OH is 1. The fourth-order valence-corrected chi connectivity index (χ4v) is 3.60. The second-order valence-electron chi connectivity index (χ2n) is 5.62. The van der Waals surface area contributed by atoms with Crippen molar-refractivity contribution in [2.75, 3.05) is 29.9 Å². The Bertz CT molecular complexity index is 627. The van der Waals surface area contributed by atoms with Gasteiger partial charge in [-0.05, 0) is 32.3 Å². The van der Waals surface area contributed by atoms with Crippen molar-refractivity contribution >= 4 is 33.3 Å². The maximum Gasteiger partial charge on any atom is 0.226 e. The van der Waals surface area contributed by atoms with Crippen LogP contribution in [-0.2, 0) is 0 Å². The molecule has 2 aromatic heterocycles. The number of nitrogens with zero attached hydrogens (tertiary/aromatic N) is 3. The molecule has 1 atom stereocenters. The minimum Gasteiger partial charge on any atom is -0.391 e. The second-order valence-corrected chi connectivity index (χ2v) is 6.85. The predicted molar refractivity (Wildman–Crippen MR) is 88.4 cm³/mol. The Hall–Kier alpha value is -1.40. The summed E-state index contributed by atoms with van der Waals surface area (Å²) < 4.78 is 0. The van der Waals surface area contributed by atoms with Crippen molar-refractivity contribution in [2.45, 2.75) is 39.2 Å². The first kappa shape index (κ1) is 14.5. The van der Waals surface area contributed by atoms with Crippen LogP contribution in [0.5, 0.6) is 0 Å². The average Bonchev–Trinajstić information content (AvgIpc) is 2.84. The van der Waals surface area contributed by atoms with Gasteiger partial charge in [0.05, 0.1) is 11.5 Å². The summed E-state index contributed by atoms with van der Waals surface area (Å²) in [5, 5.41) is 14.3. The summed E-state index contributed by atoms with van der Waals surface area (Å²) in [5.74, 6) is 1.66. The van der Waals surface area contributed by atoms with Gasteiger partial charge in [-0.25, -0.2) is 4.98 Å². The standard InChI is InChI=1S/C15H22N4OS/c1-3-6-16-15-17-13(19-7-4-5-11(20)9-19)12-8-10(2)21-14(12)18-15/h8,11,20H,3-7,9H2,1-2H3,(H,16,17,18). The molecule has 1 saturated heterocycles. The van der Waals surface area contributed by atoms with E-state index in [2.05, 4.69) is 35.1 Å². The molecule has 5 nitrogen and oxygen atoms in total. The molecule has 0 spiro atoms. The van der Waals surface area contributed by atoms with Crippen molar-refractivity contribution in [3.05, 3.63) is 10.9 Å². The molecule has 1 unspecified atom stereocenters. The number of fused-ring (bicyclic) bond motifs is 1. The lowest BCUT2D eigenvalue weighted by molar-refractivity contribution is 0.154. The first-order chi connectivity index (χ1) is 10.2. The molecule has 114 valence electrons. The van der Waals surface area contributed by atoms with Crippen LogP contribution in [0.25, 0.3) is 10.2 Å². The molecule has 1 fully saturated rings. The Morgan fingerprint density at radius 2 is 2.33 bits per heavy atom. The number of rotatable bonds is 4. The molecule has 1 aliphatic heterocycles. The van der Waals surface area contributed by atoms with Crippen LogP contribution in [0.4, 0.5) is 11.8 Å². The van der Waals surface area contributed by atoms with Gasteiger partial charge in [0, 0.05) is 24.5 Å². The molecule has 0 saturated carbocycles. The number of aromatic nitrogens is 2. The molecule has 21 heavy (non-hydrogen) atoms. The zero-order valence-electron chi connectivity index (χ0n) is 12.6. The smallest absolute Gasteiger partial charge is 0.226 e. The van der Waals surface area contributed by atoms with Gasteiger partial charge in [0.15, 0.2) is 0 Å². The van der Waals surface area contributed by atoms with Crippen LogP contribution in [0, 0.1) is 6.92 Å². The molecule has 0 aromatic carbocycles. The third-order valence-electron chi connectivity index (χ3n) is 3.72. The molecular formula is C15H22N4OS. The van der Waals surface area contributed by atoms with Crippen LogP contribution < -0.4 is 10.2 Å². The van der Waals surface area contributed by atoms with Crippen LogP contribution in [0.15, 0.2) is 6.07 Å². The first-order valence-electron chi connectivity index (χ1n) is 7.62. The van der Waals surface area contributed by atoms with Crippen LogP contribution in [0.3, 0.4) is 0 Å². The molecule has 0 amide bonds. The average molecular weight is 306 g/mol. The van der Waals surface area contributed by atoms with E-state index in [4.69, 9.17) is 4.98 Å². The molecule has 3 rings (SSSR count). The lowest BCUT2D eigenvalue weighted by Crippen LogP contribution is -2.38. The number of hydrogen-bond acceptors (Lipinski definition) is 6. The van der Waals surface area contributed by atoms with Gasteiger partial charge in [-0.2, -0.15) is 4.98 Å². The highest BCUT2D eigenvalue weighted by molar-refractivity contribution is 7.18. The third kappa shape index (κ3) is 3.11. The van der Waals surface area contributed by atoms with Gasteiger partial charge in [-0.15, -0.1) is 11.3 Å². The summed E-state index contributed by atoms with van der Waals surface area (Å²) in [6.45, 7) is 6.71. The van der Waals surface area contributed by atoms with Crippen molar-refractivity contribution < 1.29 is 5.11 Å². The minimum absolute atomic E-state index is 0.254. The van der Waals surface area contributed by atoms with E-state index in [-0.39, 0.29) is 6.10 Å². The van der Waals surface area contributed by atoms with E-state index in [0.717, 1.165) is 48.4 Å². The summed E-state index contributed by atoms with van der Waals surface area (Å²) in [6, 6.07) is 2.15. The van der Waals surface area contributed by atoms with Crippen LogP contribution in [-0.4, -0.2) is 40.8 Å². The molecule has 2 aromatic rings. The van der Waals surface area contributed by atoms with Crippen molar-refractivity contribution in [2.24, 2.45) is 0 Å². The number of aliphatic hydroxyl groups is 1. The Kier molecular flexibility index (Phi) is 4.26. The molecule has 0 bridgehead atoms. The van der Waals surface area contributed by atoms with Crippen molar-refractivity contribution in [3.8, 4) is 0 Å².